The van der Waals surface area contributed by atoms with Crippen molar-refractivity contribution in [2.75, 3.05) is 54.5 Å². The van der Waals surface area contributed by atoms with Crippen molar-refractivity contribution in [3.05, 3.63) is 42.7 Å². The zero-order valence-corrected chi connectivity index (χ0v) is 16.4. The number of hydrogen-bond acceptors (Lipinski definition) is 8. The summed E-state index contributed by atoms with van der Waals surface area (Å²) in [4.78, 5) is 23.0. The molecule has 2 aliphatic rings. The lowest BCUT2D eigenvalue weighted by atomic mass is 10.1. The van der Waals surface area contributed by atoms with E-state index in [1.807, 2.05) is 42.7 Å². The fourth-order valence-electron chi connectivity index (χ4n) is 3.91. The Labute approximate surface area is 170 Å². The smallest absolute Gasteiger partial charge is 0.227 e. The number of morpholine rings is 1. The number of para-hydroxylation sites is 2. The molecule has 2 aliphatic heterocycles. The first-order valence-electron chi connectivity index (χ1n) is 10.2. The van der Waals surface area contributed by atoms with Crippen molar-refractivity contribution in [2.45, 2.75) is 18.9 Å². The van der Waals surface area contributed by atoms with Crippen molar-refractivity contribution >= 4 is 28.6 Å². The van der Waals surface area contributed by atoms with Gasteiger partial charge in [-0.05, 0) is 31.0 Å². The lowest BCUT2D eigenvalue weighted by molar-refractivity contribution is 0.122. The number of hydrogen-bond donors (Lipinski definition) is 1. The summed E-state index contributed by atoms with van der Waals surface area (Å²) in [6, 6.07) is 10.4. The average molecular weight is 391 g/mol. The summed E-state index contributed by atoms with van der Waals surface area (Å²) in [5.74, 6) is 2.63. The maximum atomic E-state index is 5.42. The minimum absolute atomic E-state index is 0.395. The molecule has 29 heavy (non-hydrogen) atoms. The SMILES string of the molecule is c1ccc2nc(N3CCC(Nc4ccnc(N5CCOCC5)n4)CC3)cnc2c1. The molecule has 1 aromatic carbocycles. The molecule has 3 aromatic rings. The number of aromatic nitrogens is 4. The zero-order valence-electron chi connectivity index (χ0n) is 16.4. The van der Waals surface area contributed by atoms with E-state index in [1.165, 1.54) is 0 Å². The van der Waals surface area contributed by atoms with Crippen LogP contribution in [0.5, 0.6) is 0 Å². The largest absolute Gasteiger partial charge is 0.378 e. The number of nitrogens with zero attached hydrogens (tertiary/aromatic N) is 6. The first-order chi connectivity index (χ1) is 14.3. The Hall–Kier alpha value is -3.00. The summed E-state index contributed by atoms with van der Waals surface area (Å²) in [5.41, 5.74) is 1.88. The van der Waals surface area contributed by atoms with Crippen molar-refractivity contribution in [2.24, 2.45) is 0 Å². The second-order valence-corrected chi connectivity index (χ2v) is 7.46. The molecule has 1 N–H and O–H groups in total. The normalized spacial score (nSPS) is 18.2. The van der Waals surface area contributed by atoms with Crippen LogP contribution in [0.3, 0.4) is 0 Å². The van der Waals surface area contributed by atoms with Crippen LogP contribution in [-0.2, 0) is 4.74 Å². The van der Waals surface area contributed by atoms with Crippen molar-refractivity contribution in [3.63, 3.8) is 0 Å². The van der Waals surface area contributed by atoms with E-state index >= 15 is 0 Å². The van der Waals surface area contributed by atoms with E-state index in [0.29, 0.717) is 6.04 Å². The van der Waals surface area contributed by atoms with Gasteiger partial charge in [-0.25, -0.2) is 9.97 Å². The van der Waals surface area contributed by atoms with Crippen LogP contribution in [0.15, 0.2) is 42.7 Å². The third kappa shape index (κ3) is 4.07. The van der Waals surface area contributed by atoms with Gasteiger partial charge in [0.1, 0.15) is 11.6 Å². The molecule has 8 heteroatoms. The van der Waals surface area contributed by atoms with Crippen molar-refractivity contribution in [1.82, 2.24) is 19.9 Å². The molecule has 0 atom stereocenters. The van der Waals surface area contributed by atoms with Crippen LogP contribution >= 0.6 is 0 Å². The number of benzene rings is 1. The third-order valence-electron chi connectivity index (χ3n) is 5.54. The van der Waals surface area contributed by atoms with Crippen LogP contribution < -0.4 is 15.1 Å². The Balaban J connectivity index is 1.20. The average Bonchev–Trinajstić information content (AvgIpc) is 2.80. The predicted octanol–water partition coefficient (Wildman–Crippen LogP) is 2.34. The Bertz CT molecular complexity index is 968. The van der Waals surface area contributed by atoms with Gasteiger partial charge in [-0.3, -0.25) is 4.98 Å². The monoisotopic (exact) mass is 391 g/mol. The van der Waals surface area contributed by atoms with Gasteiger partial charge in [0.15, 0.2) is 0 Å². The number of ether oxygens (including phenoxy) is 1. The Kier molecular flexibility index (Phi) is 5.08. The fourth-order valence-corrected chi connectivity index (χ4v) is 3.91. The van der Waals surface area contributed by atoms with Gasteiger partial charge < -0.3 is 19.9 Å². The number of nitrogens with one attached hydrogen (secondary N) is 1. The van der Waals surface area contributed by atoms with Crippen molar-refractivity contribution in [1.29, 1.82) is 0 Å². The molecule has 0 unspecified atom stereocenters. The number of anilines is 3. The van der Waals surface area contributed by atoms with Crippen LogP contribution in [0.2, 0.25) is 0 Å². The van der Waals surface area contributed by atoms with E-state index < -0.39 is 0 Å². The molecule has 2 aromatic heterocycles. The van der Waals surface area contributed by atoms with E-state index in [9.17, 15) is 0 Å². The van der Waals surface area contributed by atoms with Gasteiger partial charge in [0.2, 0.25) is 5.95 Å². The van der Waals surface area contributed by atoms with Gasteiger partial charge in [-0.1, -0.05) is 12.1 Å². The summed E-state index contributed by atoms with van der Waals surface area (Å²) in [5, 5.41) is 3.59. The van der Waals surface area contributed by atoms with E-state index in [1.54, 1.807) is 0 Å². The summed E-state index contributed by atoms with van der Waals surface area (Å²) >= 11 is 0. The van der Waals surface area contributed by atoms with Crippen LogP contribution in [0.4, 0.5) is 17.6 Å². The highest BCUT2D eigenvalue weighted by Gasteiger charge is 2.21. The molecule has 2 fully saturated rings. The van der Waals surface area contributed by atoms with Crippen molar-refractivity contribution in [3.8, 4) is 0 Å². The van der Waals surface area contributed by atoms with Gasteiger partial charge in [0, 0.05) is 38.4 Å². The molecular formula is C21H25N7O. The number of piperidine rings is 1. The van der Waals surface area contributed by atoms with Gasteiger partial charge >= 0.3 is 0 Å². The first-order valence-corrected chi connectivity index (χ1v) is 10.2. The molecule has 0 aliphatic carbocycles. The standard InChI is InChI=1S/C21H25N7O/c1-2-4-18-17(3-1)23-15-20(25-18)27-9-6-16(7-10-27)24-19-5-8-22-21(26-19)28-11-13-29-14-12-28/h1-5,8,15-16H,6-7,9-14H2,(H,22,24,26). The molecule has 8 nitrogen and oxygen atoms in total. The Morgan fingerprint density at radius 3 is 2.48 bits per heavy atom. The lowest BCUT2D eigenvalue weighted by Gasteiger charge is -2.33. The molecule has 150 valence electrons. The molecule has 0 saturated carbocycles. The molecular weight excluding hydrogens is 366 g/mol. The lowest BCUT2D eigenvalue weighted by Crippen LogP contribution is -2.40. The fraction of sp³-hybridized carbons (Fsp3) is 0.429. The van der Waals surface area contributed by atoms with Crippen molar-refractivity contribution < 1.29 is 4.74 Å². The van der Waals surface area contributed by atoms with Crippen LogP contribution in [-0.4, -0.2) is 65.4 Å². The minimum Gasteiger partial charge on any atom is -0.378 e. The number of rotatable bonds is 4. The maximum absolute atomic E-state index is 5.42. The molecule has 5 rings (SSSR count). The maximum Gasteiger partial charge on any atom is 0.227 e. The van der Waals surface area contributed by atoms with E-state index in [0.717, 1.165) is 80.9 Å². The second kappa shape index (κ2) is 8.16. The van der Waals surface area contributed by atoms with Crippen LogP contribution in [0, 0.1) is 0 Å². The highest BCUT2D eigenvalue weighted by atomic mass is 16.5. The minimum atomic E-state index is 0.395. The van der Waals surface area contributed by atoms with Gasteiger partial charge in [-0.15, -0.1) is 0 Å². The van der Waals surface area contributed by atoms with Crippen LogP contribution in [0.1, 0.15) is 12.8 Å². The summed E-state index contributed by atoms with van der Waals surface area (Å²) in [7, 11) is 0. The first kappa shape index (κ1) is 18.1. The quantitative estimate of drug-likeness (QED) is 0.726. The molecule has 0 bridgehead atoms. The van der Waals surface area contributed by atoms with E-state index in [-0.39, 0.29) is 0 Å². The van der Waals surface area contributed by atoms with Crippen LogP contribution in [0.25, 0.3) is 11.0 Å². The zero-order chi connectivity index (χ0) is 19.5. The molecule has 0 amide bonds. The summed E-state index contributed by atoms with van der Waals surface area (Å²) in [6.45, 7) is 5.05. The summed E-state index contributed by atoms with van der Waals surface area (Å²) in [6.07, 6.45) is 5.78. The van der Waals surface area contributed by atoms with Gasteiger partial charge in [0.25, 0.3) is 0 Å². The Morgan fingerprint density at radius 2 is 1.66 bits per heavy atom. The number of fused-ring (bicyclic) bond motifs is 1. The van der Waals surface area contributed by atoms with E-state index in [4.69, 9.17) is 14.7 Å². The molecule has 2 saturated heterocycles. The second-order valence-electron chi connectivity index (χ2n) is 7.46. The summed E-state index contributed by atoms with van der Waals surface area (Å²) < 4.78 is 5.42. The Morgan fingerprint density at radius 1 is 0.862 bits per heavy atom. The third-order valence-corrected chi connectivity index (χ3v) is 5.54. The predicted molar refractivity (Wildman–Crippen MR) is 113 cm³/mol. The highest BCUT2D eigenvalue weighted by Crippen LogP contribution is 2.22. The van der Waals surface area contributed by atoms with Gasteiger partial charge in [-0.2, -0.15) is 4.98 Å². The molecule has 0 spiro atoms. The molecule has 0 radical (unpaired) electrons. The van der Waals surface area contributed by atoms with Gasteiger partial charge in [0.05, 0.1) is 30.4 Å². The highest BCUT2D eigenvalue weighted by molar-refractivity contribution is 5.75. The van der Waals surface area contributed by atoms with E-state index in [2.05, 4.69) is 25.1 Å². The topological polar surface area (TPSA) is 79.3 Å². The molecule has 4 heterocycles.